The minimum atomic E-state index is -0.242. The lowest BCUT2D eigenvalue weighted by atomic mass is 10.1. The molecule has 0 spiro atoms. The van der Waals surface area contributed by atoms with E-state index in [0.717, 1.165) is 40.2 Å². The monoisotopic (exact) mass is 541 g/mol. The second-order valence-corrected chi connectivity index (χ2v) is 9.75. The van der Waals surface area contributed by atoms with Gasteiger partial charge in [0, 0.05) is 17.1 Å². The van der Waals surface area contributed by atoms with Crippen LogP contribution < -0.4 is 4.74 Å². The Morgan fingerprint density at radius 2 is 1.76 bits per heavy atom. The maximum atomic E-state index is 12.8. The number of hydrogen-bond donors (Lipinski definition) is 0. The Hall–Kier alpha value is -2.54. The molecule has 0 bridgehead atoms. The zero-order chi connectivity index (χ0) is 23.2. The molecule has 3 aromatic rings. The Labute approximate surface area is 210 Å². The molecule has 0 aromatic heterocycles. The van der Waals surface area contributed by atoms with Gasteiger partial charge in [0.05, 0.1) is 9.38 Å². The van der Waals surface area contributed by atoms with Crippen molar-refractivity contribution in [2.24, 2.45) is 0 Å². The first-order valence-corrected chi connectivity index (χ1v) is 12.4. The highest BCUT2D eigenvalue weighted by molar-refractivity contribution is 9.10. The molecule has 3 aromatic carbocycles. The van der Waals surface area contributed by atoms with Gasteiger partial charge < -0.3 is 4.74 Å². The van der Waals surface area contributed by atoms with Crippen molar-refractivity contribution in [3.63, 3.8) is 0 Å². The van der Waals surface area contributed by atoms with Crippen molar-refractivity contribution in [1.82, 2.24) is 4.90 Å². The molecule has 0 radical (unpaired) electrons. The van der Waals surface area contributed by atoms with Crippen molar-refractivity contribution in [1.29, 1.82) is 0 Å². The predicted octanol–water partition coefficient (Wildman–Crippen LogP) is 7.35. The van der Waals surface area contributed by atoms with Crippen LogP contribution >= 0.6 is 39.3 Å². The molecule has 1 fully saturated rings. The number of hydrogen-bond acceptors (Lipinski definition) is 4. The number of imide groups is 1. The molecular formula is C26H21BrClNO3S. The van der Waals surface area contributed by atoms with Crippen molar-refractivity contribution in [2.45, 2.75) is 19.4 Å². The number of carbonyl (C=O) groups is 2. The quantitative estimate of drug-likeness (QED) is 0.279. The summed E-state index contributed by atoms with van der Waals surface area (Å²) in [7, 11) is 0. The van der Waals surface area contributed by atoms with E-state index < -0.39 is 0 Å². The summed E-state index contributed by atoms with van der Waals surface area (Å²) in [6, 6.07) is 23.1. The fourth-order valence-electron chi connectivity index (χ4n) is 3.43. The number of nitrogens with zero attached hydrogens (tertiary/aromatic N) is 1. The van der Waals surface area contributed by atoms with E-state index in [1.807, 2.05) is 72.8 Å². The van der Waals surface area contributed by atoms with Gasteiger partial charge in [-0.15, -0.1) is 0 Å². The Morgan fingerprint density at radius 3 is 2.52 bits per heavy atom. The highest BCUT2D eigenvalue weighted by Gasteiger charge is 2.34. The summed E-state index contributed by atoms with van der Waals surface area (Å²) in [4.78, 5) is 26.9. The van der Waals surface area contributed by atoms with Crippen LogP contribution in [0.5, 0.6) is 5.75 Å². The van der Waals surface area contributed by atoms with E-state index in [2.05, 4.69) is 15.9 Å². The van der Waals surface area contributed by atoms with Crippen molar-refractivity contribution in [3.05, 3.63) is 104 Å². The number of ether oxygens (including phenoxy) is 1. The van der Waals surface area contributed by atoms with Crippen molar-refractivity contribution in [3.8, 4) is 5.75 Å². The van der Waals surface area contributed by atoms with Gasteiger partial charge in [0.1, 0.15) is 12.4 Å². The van der Waals surface area contributed by atoms with Crippen LogP contribution in [0.25, 0.3) is 6.08 Å². The molecule has 168 valence electrons. The van der Waals surface area contributed by atoms with Crippen LogP contribution in [0.1, 0.15) is 23.1 Å². The van der Waals surface area contributed by atoms with E-state index in [-0.39, 0.29) is 11.1 Å². The lowest BCUT2D eigenvalue weighted by Gasteiger charge is -2.12. The number of rotatable bonds is 8. The molecule has 4 nitrogen and oxygen atoms in total. The predicted molar refractivity (Wildman–Crippen MR) is 137 cm³/mol. The second-order valence-electron chi connectivity index (χ2n) is 7.49. The van der Waals surface area contributed by atoms with Crippen LogP contribution in [0.15, 0.2) is 82.2 Å². The summed E-state index contributed by atoms with van der Waals surface area (Å²) in [5.74, 6) is 0.425. The third-order valence-corrected chi connectivity index (χ3v) is 7.05. The molecule has 0 saturated carbocycles. The van der Waals surface area contributed by atoms with E-state index in [0.29, 0.717) is 28.8 Å². The molecule has 0 atom stereocenters. The third kappa shape index (κ3) is 6.08. The standard InChI is InChI=1S/C26H21BrClNO3S/c27-21-15-19(12-13-23(21)32-17-20-10-4-5-11-22(20)28)16-24-25(30)29(26(31)33-24)14-6-9-18-7-2-1-3-8-18/h1-5,7-8,10-13,15-16H,6,9,14,17H2/b24-16+. The molecule has 0 aliphatic carbocycles. The van der Waals surface area contributed by atoms with Gasteiger partial charge in [0.25, 0.3) is 11.1 Å². The summed E-state index contributed by atoms with van der Waals surface area (Å²) in [6.07, 6.45) is 3.30. The van der Waals surface area contributed by atoms with Gasteiger partial charge in [-0.05, 0) is 75.9 Å². The van der Waals surface area contributed by atoms with Crippen LogP contribution in [0.4, 0.5) is 4.79 Å². The fourth-order valence-corrected chi connectivity index (χ4v) is 4.99. The van der Waals surface area contributed by atoms with E-state index in [9.17, 15) is 9.59 Å². The first-order chi connectivity index (χ1) is 16.0. The third-order valence-electron chi connectivity index (χ3n) is 5.16. The Morgan fingerprint density at radius 1 is 1.00 bits per heavy atom. The first kappa shape index (κ1) is 23.6. The van der Waals surface area contributed by atoms with Crippen LogP contribution in [0, 0.1) is 0 Å². The molecule has 33 heavy (non-hydrogen) atoms. The maximum absolute atomic E-state index is 12.8. The molecule has 1 heterocycles. The van der Waals surface area contributed by atoms with E-state index >= 15 is 0 Å². The number of carbonyl (C=O) groups excluding carboxylic acids is 2. The lowest BCUT2D eigenvalue weighted by Crippen LogP contribution is -2.29. The number of thioether (sulfide) groups is 1. The van der Waals surface area contributed by atoms with Gasteiger partial charge in [0.15, 0.2) is 0 Å². The largest absolute Gasteiger partial charge is 0.488 e. The number of halogens is 2. The summed E-state index contributed by atoms with van der Waals surface area (Å²) in [5.41, 5.74) is 2.90. The highest BCUT2D eigenvalue weighted by Crippen LogP contribution is 2.34. The van der Waals surface area contributed by atoms with Gasteiger partial charge >= 0.3 is 0 Å². The molecular weight excluding hydrogens is 522 g/mol. The van der Waals surface area contributed by atoms with Crippen LogP contribution in [0.3, 0.4) is 0 Å². The second kappa shape index (κ2) is 11.1. The van der Waals surface area contributed by atoms with Gasteiger partial charge in [-0.1, -0.05) is 66.2 Å². The summed E-state index contributed by atoms with van der Waals surface area (Å²) in [5, 5.41) is 0.433. The van der Waals surface area contributed by atoms with Gasteiger partial charge in [-0.3, -0.25) is 14.5 Å². The van der Waals surface area contributed by atoms with Crippen LogP contribution in [-0.4, -0.2) is 22.6 Å². The lowest BCUT2D eigenvalue weighted by molar-refractivity contribution is -0.122. The van der Waals surface area contributed by atoms with Crippen LogP contribution in [0.2, 0.25) is 5.02 Å². The number of aryl methyl sites for hydroxylation is 1. The highest BCUT2D eigenvalue weighted by atomic mass is 79.9. The van der Waals surface area contributed by atoms with Gasteiger partial charge in [0.2, 0.25) is 0 Å². The summed E-state index contributed by atoms with van der Waals surface area (Å²) >= 11 is 10.7. The SMILES string of the molecule is O=C1S/C(=C/c2ccc(OCc3ccccc3Cl)c(Br)c2)C(=O)N1CCCc1ccccc1. The number of benzene rings is 3. The van der Waals surface area contributed by atoms with Gasteiger partial charge in [-0.2, -0.15) is 0 Å². The molecule has 4 rings (SSSR count). The smallest absolute Gasteiger partial charge is 0.293 e. The van der Waals surface area contributed by atoms with E-state index in [1.54, 1.807) is 6.08 Å². The average molecular weight is 543 g/mol. The summed E-state index contributed by atoms with van der Waals surface area (Å²) < 4.78 is 6.63. The molecule has 0 unspecified atom stereocenters. The zero-order valence-electron chi connectivity index (χ0n) is 17.7. The Kier molecular flexibility index (Phi) is 7.91. The minimum absolute atomic E-state index is 0.224. The molecule has 2 amide bonds. The molecule has 1 saturated heterocycles. The van der Waals surface area contributed by atoms with E-state index in [1.165, 1.54) is 10.5 Å². The molecule has 1 aliphatic heterocycles. The normalized spacial score (nSPS) is 14.8. The Balaban J connectivity index is 1.37. The summed E-state index contributed by atoms with van der Waals surface area (Å²) in [6.45, 7) is 0.759. The molecule has 0 N–H and O–H groups in total. The zero-order valence-corrected chi connectivity index (χ0v) is 20.8. The maximum Gasteiger partial charge on any atom is 0.293 e. The molecule has 7 heteroatoms. The van der Waals surface area contributed by atoms with Crippen LogP contribution in [-0.2, 0) is 17.8 Å². The van der Waals surface area contributed by atoms with Crippen molar-refractivity contribution in [2.75, 3.05) is 6.54 Å². The first-order valence-electron chi connectivity index (χ1n) is 10.5. The number of amides is 2. The molecule has 1 aliphatic rings. The minimum Gasteiger partial charge on any atom is -0.488 e. The van der Waals surface area contributed by atoms with Crippen molar-refractivity contribution >= 4 is 56.5 Å². The Bertz CT molecular complexity index is 1200. The average Bonchev–Trinajstić information content (AvgIpc) is 3.07. The van der Waals surface area contributed by atoms with Gasteiger partial charge in [-0.25, -0.2) is 0 Å². The van der Waals surface area contributed by atoms with E-state index in [4.69, 9.17) is 16.3 Å². The fraction of sp³-hybridized carbons (Fsp3) is 0.154. The topological polar surface area (TPSA) is 46.6 Å². The van der Waals surface area contributed by atoms with Crippen molar-refractivity contribution < 1.29 is 14.3 Å².